The first-order valence-corrected chi connectivity index (χ1v) is 12.5. The van der Waals surface area contributed by atoms with Crippen LogP contribution < -0.4 is 4.90 Å². The highest BCUT2D eigenvalue weighted by atomic mass is 35.5. The number of hydrogen-bond acceptors (Lipinski definition) is 6. The van der Waals surface area contributed by atoms with Crippen molar-refractivity contribution in [3.05, 3.63) is 41.9 Å². The molecule has 1 N–H and O–H groups in total. The maximum absolute atomic E-state index is 14.4. The molecule has 1 aromatic rings. The van der Waals surface area contributed by atoms with Gasteiger partial charge >= 0.3 is 5.97 Å². The maximum atomic E-state index is 14.4. The summed E-state index contributed by atoms with van der Waals surface area (Å²) in [4.78, 5) is 44.4. The lowest BCUT2D eigenvalue weighted by Crippen LogP contribution is -2.59. The zero-order chi connectivity index (χ0) is 25.5. The Bertz CT molecular complexity index is 1030. The van der Waals surface area contributed by atoms with Gasteiger partial charge in [0.25, 0.3) is 5.91 Å². The van der Waals surface area contributed by atoms with Gasteiger partial charge in [0.15, 0.2) is 0 Å². The number of likely N-dealkylation sites (tertiary alicyclic amines) is 1. The number of carbonyl (C=O) groups excluding carboxylic acids is 3. The fourth-order valence-corrected chi connectivity index (χ4v) is 6.53. The molecule has 1 spiro atoms. The lowest BCUT2D eigenvalue weighted by molar-refractivity contribution is -0.160. The van der Waals surface area contributed by atoms with Gasteiger partial charge in [-0.05, 0) is 45.2 Å². The number of fused-ring (bicyclic) bond motifs is 1. The van der Waals surface area contributed by atoms with Gasteiger partial charge in [-0.25, -0.2) is 0 Å². The molecule has 3 heterocycles. The van der Waals surface area contributed by atoms with Crippen LogP contribution in [0.3, 0.4) is 0 Å². The Kier molecular flexibility index (Phi) is 7.01. The van der Waals surface area contributed by atoms with Crippen LogP contribution in [0.2, 0.25) is 5.02 Å². The molecule has 0 aliphatic carbocycles. The fraction of sp³-hybridized carbons (Fsp3) is 0.577. The SMILES string of the molecule is C=CCN(C(=O)C1N([C@@H](CC)CO)C(=O)[C@@H]2[C@@H](C(=O)OCC)[C@@]3(C)CCC12O3)c1ccccc1Cl. The molecular weight excluding hydrogens is 472 g/mol. The van der Waals surface area contributed by atoms with Crippen molar-refractivity contribution in [2.24, 2.45) is 11.8 Å². The zero-order valence-corrected chi connectivity index (χ0v) is 21.2. The first-order chi connectivity index (χ1) is 16.7. The number of carbonyl (C=O) groups is 3. The van der Waals surface area contributed by atoms with E-state index in [4.69, 9.17) is 21.1 Å². The number of ether oxygens (including phenoxy) is 2. The molecule has 6 atom stereocenters. The Hall–Kier alpha value is -2.42. The summed E-state index contributed by atoms with van der Waals surface area (Å²) < 4.78 is 11.9. The number of benzene rings is 1. The van der Waals surface area contributed by atoms with Crippen molar-refractivity contribution >= 4 is 35.1 Å². The van der Waals surface area contributed by atoms with Gasteiger partial charge in [0.2, 0.25) is 5.91 Å². The van der Waals surface area contributed by atoms with Crippen molar-refractivity contribution in [1.29, 1.82) is 0 Å². The number of hydrogen-bond donors (Lipinski definition) is 1. The summed E-state index contributed by atoms with van der Waals surface area (Å²) in [6, 6.07) is 5.34. The van der Waals surface area contributed by atoms with Gasteiger partial charge in [0.1, 0.15) is 17.6 Å². The largest absolute Gasteiger partial charge is 0.466 e. The number of anilines is 1. The highest BCUT2D eigenvalue weighted by Crippen LogP contribution is 2.63. The van der Waals surface area contributed by atoms with Gasteiger partial charge in [-0.1, -0.05) is 36.7 Å². The van der Waals surface area contributed by atoms with Crippen LogP contribution in [-0.2, 0) is 23.9 Å². The van der Waals surface area contributed by atoms with E-state index in [1.54, 1.807) is 37.3 Å². The number of aliphatic hydroxyl groups is 1. The van der Waals surface area contributed by atoms with Gasteiger partial charge < -0.3 is 24.4 Å². The Morgan fingerprint density at radius 1 is 1.37 bits per heavy atom. The molecule has 0 aromatic heterocycles. The molecule has 3 fully saturated rings. The number of rotatable bonds is 9. The summed E-state index contributed by atoms with van der Waals surface area (Å²) in [5.41, 5.74) is -1.63. The first kappa shape index (κ1) is 25.7. The van der Waals surface area contributed by atoms with Crippen molar-refractivity contribution in [1.82, 2.24) is 4.90 Å². The minimum absolute atomic E-state index is 0.163. The standard InChI is InChI=1S/C26H33ClN2O6/c1-5-14-28(18-11-9-8-10-17(18)27)23(32)21-26-13-12-25(4,35-26)20(24(33)34-7-3)19(26)22(31)29(21)16(6-2)15-30/h5,8-11,16,19-21,30H,1,6-7,12-15H2,2-4H3/t16-,19-,20-,21?,25+,26?/m0/s1. The van der Waals surface area contributed by atoms with Crippen LogP contribution in [0, 0.1) is 11.8 Å². The second-order valence-electron chi connectivity index (χ2n) is 9.66. The summed E-state index contributed by atoms with van der Waals surface area (Å²) in [6.45, 7) is 9.21. The Morgan fingerprint density at radius 3 is 2.69 bits per heavy atom. The van der Waals surface area contributed by atoms with Crippen LogP contribution in [0.15, 0.2) is 36.9 Å². The van der Waals surface area contributed by atoms with Gasteiger partial charge in [0, 0.05) is 6.54 Å². The molecule has 3 aliphatic heterocycles. The van der Waals surface area contributed by atoms with Crippen molar-refractivity contribution in [3.63, 3.8) is 0 Å². The predicted molar refractivity (Wildman–Crippen MR) is 131 cm³/mol. The van der Waals surface area contributed by atoms with E-state index in [1.165, 1.54) is 9.80 Å². The van der Waals surface area contributed by atoms with Gasteiger partial charge in [0.05, 0.1) is 41.5 Å². The van der Waals surface area contributed by atoms with E-state index in [-0.39, 0.29) is 31.6 Å². The van der Waals surface area contributed by atoms with Crippen molar-refractivity contribution in [2.75, 3.05) is 24.7 Å². The zero-order valence-electron chi connectivity index (χ0n) is 20.4. The topological polar surface area (TPSA) is 96.4 Å². The van der Waals surface area contributed by atoms with E-state index >= 15 is 0 Å². The van der Waals surface area contributed by atoms with Crippen LogP contribution in [0.5, 0.6) is 0 Å². The Labute approximate surface area is 210 Å². The summed E-state index contributed by atoms with van der Waals surface area (Å²) in [5, 5.41) is 10.5. The molecule has 9 heteroatoms. The highest BCUT2D eigenvalue weighted by molar-refractivity contribution is 6.34. The number of amides is 2. The van der Waals surface area contributed by atoms with Crippen LogP contribution in [0.25, 0.3) is 0 Å². The Balaban J connectivity index is 1.86. The molecular formula is C26H33ClN2O6. The maximum Gasteiger partial charge on any atom is 0.312 e. The minimum Gasteiger partial charge on any atom is -0.466 e. The Morgan fingerprint density at radius 2 is 2.09 bits per heavy atom. The third kappa shape index (κ3) is 3.77. The molecule has 2 bridgehead atoms. The molecule has 3 saturated heterocycles. The van der Waals surface area contributed by atoms with Crippen molar-refractivity contribution in [2.45, 2.75) is 63.3 Å². The quantitative estimate of drug-likeness (QED) is 0.410. The van der Waals surface area contributed by atoms with E-state index in [1.807, 2.05) is 13.8 Å². The fourth-order valence-electron chi connectivity index (χ4n) is 6.29. The smallest absolute Gasteiger partial charge is 0.312 e. The number of para-hydroxylation sites is 1. The van der Waals surface area contributed by atoms with Crippen molar-refractivity contribution in [3.8, 4) is 0 Å². The van der Waals surface area contributed by atoms with Crippen LogP contribution >= 0.6 is 11.6 Å². The second kappa shape index (κ2) is 9.56. The molecule has 2 amide bonds. The molecule has 4 rings (SSSR count). The summed E-state index contributed by atoms with van der Waals surface area (Å²) in [7, 11) is 0. The predicted octanol–water partition coefficient (Wildman–Crippen LogP) is 2.96. The van der Waals surface area contributed by atoms with E-state index in [0.29, 0.717) is 30.0 Å². The molecule has 1 aromatic carbocycles. The van der Waals surface area contributed by atoms with E-state index < -0.39 is 41.1 Å². The molecule has 3 aliphatic rings. The molecule has 190 valence electrons. The third-order valence-electron chi connectivity index (χ3n) is 7.79. The molecule has 35 heavy (non-hydrogen) atoms. The summed E-state index contributed by atoms with van der Waals surface area (Å²) >= 11 is 6.46. The van der Waals surface area contributed by atoms with Gasteiger partial charge in [-0.2, -0.15) is 0 Å². The first-order valence-electron chi connectivity index (χ1n) is 12.2. The van der Waals surface area contributed by atoms with Gasteiger partial charge in [-0.3, -0.25) is 14.4 Å². The molecule has 0 radical (unpaired) electrons. The number of esters is 1. The summed E-state index contributed by atoms with van der Waals surface area (Å²) in [6.07, 6.45) is 2.98. The van der Waals surface area contributed by atoms with Crippen LogP contribution in [-0.4, -0.2) is 70.8 Å². The average molecular weight is 505 g/mol. The normalized spacial score (nSPS) is 31.9. The molecule has 2 unspecified atom stereocenters. The average Bonchev–Trinajstić information content (AvgIpc) is 3.40. The van der Waals surface area contributed by atoms with Crippen molar-refractivity contribution < 1.29 is 29.0 Å². The lowest BCUT2D eigenvalue weighted by atomic mass is 9.66. The van der Waals surface area contributed by atoms with E-state index in [0.717, 1.165) is 0 Å². The molecule has 0 saturated carbocycles. The molecule has 8 nitrogen and oxygen atoms in total. The van der Waals surface area contributed by atoms with E-state index in [9.17, 15) is 19.5 Å². The number of aliphatic hydroxyl groups excluding tert-OH is 1. The minimum atomic E-state index is -1.20. The third-order valence-corrected chi connectivity index (χ3v) is 8.10. The number of nitrogens with zero attached hydrogens (tertiary/aromatic N) is 2. The second-order valence-corrected chi connectivity index (χ2v) is 10.1. The summed E-state index contributed by atoms with van der Waals surface area (Å²) in [5.74, 6) is -2.92. The number of halogens is 1. The van der Waals surface area contributed by atoms with Gasteiger partial charge in [-0.15, -0.1) is 6.58 Å². The highest BCUT2D eigenvalue weighted by Gasteiger charge is 2.79. The lowest BCUT2D eigenvalue weighted by Gasteiger charge is -2.39. The van der Waals surface area contributed by atoms with E-state index in [2.05, 4.69) is 6.58 Å². The van der Waals surface area contributed by atoms with Crippen LogP contribution in [0.1, 0.15) is 40.0 Å². The van der Waals surface area contributed by atoms with Crippen LogP contribution in [0.4, 0.5) is 5.69 Å². The monoisotopic (exact) mass is 504 g/mol.